The van der Waals surface area contributed by atoms with Crippen molar-refractivity contribution >= 4 is 16.8 Å². The van der Waals surface area contributed by atoms with Crippen molar-refractivity contribution in [2.45, 2.75) is 6.10 Å². The number of nitrogens with one attached hydrogen (secondary N) is 1. The lowest BCUT2D eigenvalue weighted by Crippen LogP contribution is -2.44. The highest BCUT2D eigenvalue weighted by atomic mass is 19.1. The quantitative estimate of drug-likeness (QED) is 0.754. The summed E-state index contributed by atoms with van der Waals surface area (Å²) in [6.45, 7) is 0.673. The number of fused-ring (bicyclic) bond motifs is 1. The summed E-state index contributed by atoms with van der Waals surface area (Å²) in [6, 6.07) is 11.7. The van der Waals surface area contributed by atoms with Crippen molar-refractivity contribution in [3.8, 4) is 0 Å². The smallest absolute Gasteiger partial charge is 0.261 e. The summed E-state index contributed by atoms with van der Waals surface area (Å²) in [5, 5.41) is 0.554. The number of aromatic amines is 1. The molecule has 0 aliphatic carbocycles. The Morgan fingerprint density at radius 3 is 2.78 bits per heavy atom. The zero-order valence-corrected chi connectivity index (χ0v) is 14.2. The minimum Gasteiger partial charge on any atom is -0.370 e. The lowest BCUT2D eigenvalue weighted by Gasteiger charge is -2.33. The fourth-order valence-electron chi connectivity index (χ4n) is 3.26. The minimum absolute atomic E-state index is 0.0386. The highest BCUT2D eigenvalue weighted by molar-refractivity contribution is 5.97. The van der Waals surface area contributed by atoms with E-state index < -0.39 is 29.2 Å². The van der Waals surface area contributed by atoms with Crippen molar-refractivity contribution < 1.29 is 18.3 Å². The second-order valence-electron chi connectivity index (χ2n) is 6.38. The number of hydrogen-bond acceptors (Lipinski definition) is 3. The molecule has 1 N–H and O–H groups in total. The zero-order valence-electron chi connectivity index (χ0n) is 14.2. The number of halogens is 2. The number of carbonyl (C=O) groups excluding carboxylic acids is 1. The van der Waals surface area contributed by atoms with Gasteiger partial charge in [0.05, 0.1) is 18.7 Å². The normalized spacial score (nSPS) is 17.3. The number of nitrogens with zero attached hydrogens (tertiary/aromatic N) is 1. The Kier molecular flexibility index (Phi) is 4.45. The SMILES string of the molecule is O=C(c1cc2ccc(F)cc2[nH]c1=O)N1CCOC(c2ccccc2F)C1. The number of benzene rings is 2. The van der Waals surface area contributed by atoms with Crippen molar-refractivity contribution in [3.63, 3.8) is 0 Å². The maximum absolute atomic E-state index is 14.0. The lowest BCUT2D eigenvalue weighted by atomic mass is 10.1. The van der Waals surface area contributed by atoms with E-state index in [0.29, 0.717) is 23.0 Å². The first kappa shape index (κ1) is 17.4. The van der Waals surface area contributed by atoms with Gasteiger partial charge in [0.1, 0.15) is 23.3 Å². The van der Waals surface area contributed by atoms with Crippen LogP contribution < -0.4 is 5.56 Å². The lowest BCUT2D eigenvalue weighted by molar-refractivity contribution is -0.0243. The molecule has 1 aromatic heterocycles. The van der Waals surface area contributed by atoms with Crippen LogP contribution in [0, 0.1) is 11.6 Å². The number of carbonyl (C=O) groups is 1. The van der Waals surface area contributed by atoms with Gasteiger partial charge in [-0.1, -0.05) is 18.2 Å². The Morgan fingerprint density at radius 2 is 1.96 bits per heavy atom. The predicted molar refractivity (Wildman–Crippen MR) is 95.5 cm³/mol. The number of rotatable bonds is 2. The summed E-state index contributed by atoms with van der Waals surface area (Å²) >= 11 is 0. The number of morpholine rings is 1. The van der Waals surface area contributed by atoms with Crippen LogP contribution >= 0.6 is 0 Å². The van der Waals surface area contributed by atoms with Gasteiger partial charge < -0.3 is 14.6 Å². The molecule has 1 saturated heterocycles. The number of H-pyrrole nitrogens is 1. The molecule has 4 rings (SSSR count). The third-order valence-electron chi connectivity index (χ3n) is 4.64. The molecule has 0 saturated carbocycles. The molecule has 27 heavy (non-hydrogen) atoms. The molecule has 2 heterocycles. The number of amides is 1. The van der Waals surface area contributed by atoms with Gasteiger partial charge in [0.2, 0.25) is 0 Å². The molecule has 1 aliphatic heterocycles. The van der Waals surface area contributed by atoms with Gasteiger partial charge in [0.25, 0.3) is 11.5 Å². The minimum atomic E-state index is -0.600. The van der Waals surface area contributed by atoms with E-state index >= 15 is 0 Å². The fraction of sp³-hybridized carbons (Fsp3) is 0.200. The van der Waals surface area contributed by atoms with E-state index in [4.69, 9.17) is 4.74 Å². The molecule has 1 fully saturated rings. The number of aromatic nitrogens is 1. The number of hydrogen-bond donors (Lipinski definition) is 1. The molecule has 1 amide bonds. The maximum Gasteiger partial charge on any atom is 0.261 e. The van der Waals surface area contributed by atoms with Gasteiger partial charge in [-0.15, -0.1) is 0 Å². The van der Waals surface area contributed by atoms with Gasteiger partial charge >= 0.3 is 0 Å². The summed E-state index contributed by atoms with van der Waals surface area (Å²) < 4.78 is 33.0. The van der Waals surface area contributed by atoms with Crippen molar-refractivity contribution in [1.82, 2.24) is 9.88 Å². The molecule has 1 aliphatic rings. The van der Waals surface area contributed by atoms with Crippen LogP contribution in [0.3, 0.4) is 0 Å². The first-order valence-electron chi connectivity index (χ1n) is 8.51. The highest BCUT2D eigenvalue weighted by Crippen LogP contribution is 2.25. The molecule has 0 spiro atoms. The van der Waals surface area contributed by atoms with E-state index in [0.717, 1.165) is 0 Å². The molecular weight excluding hydrogens is 354 g/mol. The average molecular weight is 370 g/mol. The Labute approximate surface area is 153 Å². The van der Waals surface area contributed by atoms with Crippen molar-refractivity contribution in [2.24, 2.45) is 0 Å². The van der Waals surface area contributed by atoms with Crippen LogP contribution in [-0.2, 0) is 4.74 Å². The molecule has 1 atom stereocenters. The maximum atomic E-state index is 14.0. The molecule has 1 unspecified atom stereocenters. The Hall–Kier alpha value is -3.06. The second kappa shape index (κ2) is 6.92. The number of pyridine rings is 1. The molecule has 7 heteroatoms. The van der Waals surface area contributed by atoms with Gasteiger partial charge in [-0.25, -0.2) is 8.78 Å². The van der Waals surface area contributed by atoms with E-state index in [1.54, 1.807) is 18.2 Å². The van der Waals surface area contributed by atoms with Gasteiger partial charge in [-0.05, 0) is 35.7 Å². The molecule has 0 bridgehead atoms. The Balaban J connectivity index is 1.63. The monoisotopic (exact) mass is 370 g/mol. The van der Waals surface area contributed by atoms with Crippen LogP contribution in [0.4, 0.5) is 8.78 Å². The second-order valence-corrected chi connectivity index (χ2v) is 6.38. The standard InChI is InChI=1S/C20H16F2N2O3/c21-13-6-5-12-9-15(19(25)23-17(12)10-13)20(26)24-7-8-27-18(11-24)14-3-1-2-4-16(14)22/h1-6,9-10,18H,7-8,11H2,(H,23,25). The first-order valence-corrected chi connectivity index (χ1v) is 8.51. The fourth-order valence-corrected chi connectivity index (χ4v) is 3.26. The van der Waals surface area contributed by atoms with Crippen molar-refractivity contribution in [3.05, 3.63) is 81.6 Å². The molecule has 0 radical (unpaired) electrons. The summed E-state index contributed by atoms with van der Waals surface area (Å²) in [5.41, 5.74) is 0.0657. The molecule has 138 valence electrons. The van der Waals surface area contributed by atoms with E-state index in [9.17, 15) is 18.4 Å². The van der Waals surface area contributed by atoms with Crippen LogP contribution in [-0.4, -0.2) is 35.5 Å². The van der Waals surface area contributed by atoms with E-state index in [1.165, 1.54) is 35.2 Å². The van der Waals surface area contributed by atoms with Gasteiger partial charge in [0, 0.05) is 12.1 Å². The highest BCUT2D eigenvalue weighted by Gasteiger charge is 2.29. The number of ether oxygens (including phenoxy) is 1. The van der Waals surface area contributed by atoms with Crippen LogP contribution in [0.5, 0.6) is 0 Å². The third kappa shape index (κ3) is 3.33. The third-order valence-corrected chi connectivity index (χ3v) is 4.64. The van der Waals surface area contributed by atoms with Crippen LogP contribution in [0.25, 0.3) is 10.9 Å². The van der Waals surface area contributed by atoms with E-state index in [1.807, 2.05) is 0 Å². The van der Waals surface area contributed by atoms with Crippen molar-refractivity contribution in [1.29, 1.82) is 0 Å². The van der Waals surface area contributed by atoms with E-state index in [-0.39, 0.29) is 18.7 Å². The first-order chi connectivity index (χ1) is 13.0. The summed E-state index contributed by atoms with van der Waals surface area (Å²) in [7, 11) is 0. The molecule has 5 nitrogen and oxygen atoms in total. The summed E-state index contributed by atoms with van der Waals surface area (Å²) in [5.74, 6) is -1.34. The van der Waals surface area contributed by atoms with Crippen molar-refractivity contribution in [2.75, 3.05) is 19.7 Å². The predicted octanol–water partition coefficient (Wildman–Crippen LogP) is 3.02. The molecule has 2 aromatic carbocycles. The van der Waals surface area contributed by atoms with E-state index in [2.05, 4.69) is 4.98 Å². The molecular formula is C20H16F2N2O3. The Bertz CT molecular complexity index is 1080. The summed E-state index contributed by atoms with van der Waals surface area (Å²) in [6.07, 6.45) is -0.600. The van der Waals surface area contributed by atoms with Gasteiger partial charge in [-0.2, -0.15) is 0 Å². The largest absolute Gasteiger partial charge is 0.370 e. The van der Waals surface area contributed by atoms with Crippen LogP contribution in [0.1, 0.15) is 22.0 Å². The summed E-state index contributed by atoms with van der Waals surface area (Å²) in [4.78, 5) is 29.2. The Morgan fingerprint density at radius 1 is 1.15 bits per heavy atom. The zero-order chi connectivity index (χ0) is 19.0. The topological polar surface area (TPSA) is 62.4 Å². The van der Waals surface area contributed by atoms with Gasteiger partial charge in [-0.3, -0.25) is 9.59 Å². The average Bonchev–Trinajstić information content (AvgIpc) is 2.67. The van der Waals surface area contributed by atoms with Crippen LogP contribution in [0.15, 0.2) is 53.3 Å². The molecule has 3 aromatic rings. The van der Waals surface area contributed by atoms with Crippen LogP contribution in [0.2, 0.25) is 0 Å². The van der Waals surface area contributed by atoms with Gasteiger partial charge in [0.15, 0.2) is 0 Å².